The fourth-order valence-corrected chi connectivity index (χ4v) is 1.97. The molecule has 0 saturated carbocycles. The minimum Gasteiger partial charge on any atom is -0.399 e. The molecule has 0 saturated heterocycles. The van der Waals surface area contributed by atoms with Gasteiger partial charge in [0.15, 0.2) is 0 Å². The van der Waals surface area contributed by atoms with Gasteiger partial charge in [-0.15, -0.1) is 0 Å². The van der Waals surface area contributed by atoms with Crippen molar-refractivity contribution in [2.75, 3.05) is 11.1 Å². The third-order valence-corrected chi connectivity index (χ3v) is 3.03. The van der Waals surface area contributed by atoms with E-state index >= 15 is 0 Å². The van der Waals surface area contributed by atoms with Crippen LogP contribution in [-0.4, -0.2) is 0 Å². The van der Waals surface area contributed by atoms with Crippen LogP contribution in [0.15, 0.2) is 42.5 Å². The van der Waals surface area contributed by atoms with Crippen LogP contribution in [0, 0.1) is 6.92 Å². The number of hydrogen-bond donors (Lipinski definition) is 2. The van der Waals surface area contributed by atoms with Crippen LogP contribution >= 0.6 is 0 Å². The molecule has 2 heteroatoms. The van der Waals surface area contributed by atoms with Crippen LogP contribution in [0.5, 0.6) is 0 Å². The van der Waals surface area contributed by atoms with Crippen molar-refractivity contribution in [1.82, 2.24) is 0 Å². The van der Waals surface area contributed by atoms with Crippen molar-refractivity contribution in [2.24, 2.45) is 0 Å². The van der Waals surface area contributed by atoms with Gasteiger partial charge < -0.3 is 11.1 Å². The molecular formula is C16H20N2. The van der Waals surface area contributed by atoms with Crippen LogP contribution in [-0.2, 0) is 6.42 Å². The fourth-order valence-electron chi connectivity index (χ4n) is 1.97. The standard InChI is InChI=1S/C16H20N2/c1-3-4-13-6-9-15(10-7-13)18-16-11-14(17)8-5-12(16)2/h5-11,18H,3-4,17H2,1-2H3. The Balaban J connectivity index is 2.15. The third kappa shape index (κ3) is 3.04. The number of anilines is 3. The van der Waals surface area contributed by atoms with Crippen LogP contribution in [0.2, 0.25) is 0 Å². The van der Waals surface area contributed by atoms with Crippen LogP contribution in [0.1, 0.15) is 24.5 Å². The predicted octanol–water partition coefficient (Wildman–Crippen LogP) is 4.27. The fraction of sp³-hybridized carbons (Fsp3) is 0.250. The molecule has 3 N–H and O–H groups in total. The summed E-state index contributed by atoms with van der Waals surface area (Å²) in [4.78, 5) is 0. The molecule has 0 spiro atoms. The summed E-state index contributed by atoms with van der Waals surface area (Å²) in [5.74, 6) is 0. The summed E-state index contributed by atoms with van der Waals surface area (Å²) in [5.41, 5.74) is 11.3. The molecule has 2 aromatic rings. The molecule has 0 aliphatic carbocycles. The first kappa shape index (κ1) is 12.5. The van der Waals surface area contributed by atoms with E-state index < -0.39 is 0 Å². The van der Waals surface area contributed by atoms with Crippen molar-refractivity contribution < 1.29 is 0 Å². The van der Waals surface area contributed by atoms with Gasteiger partial charge in [-0.25, -0.2) is 0 Å². The Morgan fingerprint density at radius 3 is 2.44 bits per heavy atom. The van der Waals surface area contributed by atoms with Crippen LogP contribution in [0.25, 0.3) is 0 Å². The molecule has 0 heterocycles. The largest absolute Gasteiger partial charge is 0.399 e. The number of aryl methyl sites for hydroxylation is 2. The summed E-state index contributed by atoms with van der Waals surface area (Å²) >= 11 is 0. The lowest BCUT2D eigenvalue weighted by atomic mass is 10.1. The third-order valence-electron chi connectivity index (χ3n) is 3.03. The lowest BCUT2D eigenvalue weighted by Gasteiger charge is -2.11. The molecule has 0 radical (unpaired) electrons. The molecule has 94 valence electrons. The maximum absolute atomic E-state index is 5.80. The van der Waals surface area contributed by atoms with Gasteiger partial charge in [-0.3, -0.25) is 0 Å². The molecule has 0 atom stereocenters. The molecule has 0 unspecified atom stereocenters. The summed E-state index contributed by atoms with van der Waals surface area (Å²) < 4.78 is 0. The van der Waals surface area contributed by atoms with Crippen LogP contribution in [0.3, 0.4) is 0 Å². The monoisotopic (exact) mass is 240 g/mol. The second kappa shape index (κ2) is 5.58. The minimum absolute atomic E-state index is 0.783. The molecular weight excluding hydrogens is 220 g/mol. The molecule has 0 aliphatic heterocycles. The normalized spacial score (nSPS) is 10.3. The Morgan fingerprint density at radius 1 is 1.06 bits per heavy atom. The van der Waals surface area contributed by atoms with E-state index in [2.05, 4.69) is 43.4 Å². The number of rotatable bonds is 4. The number of nitrogens with one attached hydrogen (secondary N) is 1. The molecule has 2 aromatic carbocycles. The van der Waals surface area contributed by atoms with Gasteiger partial charge in [-0.05, 0) is 48.7 Å². The second-order valence-electron chi connectivity index (χ2n) is 4.65. The zero-order chi connectivity index (χ0) is 13.0. The highest BCUT2D eigenvalue weighted by Gasteiger charge is 2.00. The summed E-state index contributed by atoms with van der Waals surface area (Å²) in [7, 11) is 0. The highest BCUT2D eigenvalue weighted by molar-refractivity contribution is 5.67. The SMILES string of the molecule is CCCc1ccc(Nc2cc(N)ccc2C)cc1. The smallest absolute Gasteiger partial charge is 0.0434 e. The number of benzene rings is 2. The van der Waals surface area contributed by atoms with Crippen molar-refractivity contribution in [3.8, 4) is 0 Å². The van der Waals surface area contributed by atoms with Crippen LogP contribution in [0.4, 0.5) is 17.1 Å². The topological polar surface area (TPSA) is 38.0 Å². The predicted molar refractivity (Wildman–Crippen MR) is 79.3 cm³/mol. The summed E-state index contributed by atoms with van der Waals surface area (Å²) in [6.07, 6.45) is 2.32. The van der Waals surface area contributed by atoms with Crippen molar-refractivity contribution in [1.29, 1.82) is 0 Å². The summed E-state index contributed by atoms with van der Waals surface area (Å²) in [6.45, 7) is 4.27. The molecule has 0 fully saturated rings. The number of hydrogen-bond acceptors (Lipinski definition) is 2. The molecule has 0 bridgehead atoms. The van der Waals surface area contributed by atoms with Gasteiger partial charge in [-0.1, -0.05) is 31.5 Å². The van der Waals surface area contributed by atoms with E-state index in [1.54, 1.807) is 0 Å². The maximum Gasteiger partial charge on any atom is 0.0434 e. The zero-order valence-corrected chi connectivity index (χ0v) is 11.0. The van der Waals surface area contributed by atoms with Crippen molar-refractivity contribution >= 4 is 17.1 Å². The molecule has 0 aliphatic rings. The van der Waals surface area contributed by atoms with E-state index in [0.717, 1.165) is 23.5 Å². The summed E-state index contributed by atoms with van der Waals surface area (Å²) in [6, 6.07) is 14.5. The van der Waals surface area contributed by atoms with E-state index in [9.17, 15) is 0 Å². The van der Waals surface area contributed by atoms with Gasteiger partial charge in [0.2, 0.25) is 0 Å². The number of nitrogen functional groups attached to an aromatic ring is 1. The Morgan fingerprint density at radius 2 is 1.78 bits per heavy atom. The summed E-state index contributed by atoms with van der Waals surface area (Å²) in [5, 5.41) is 3.40. The van der Waals surface area contributed by atoms with E-state index in [0.29, 0.717) is 0 Å². The first-order valence-electron chi connectivity index (χ1n) is 6.41. The first-order valence-corrected chi connectivity index (χ1v) is 6.41. The van der Waals surface area contributed by atoms with Crippen molar-refractivity contribution in [3.63, 3.8) is 0 Å². The Hall–Kier alpha value is -1.96. The quantitative estimate of drug-likeness (QED) is 0.783. The van der Waals surface area contributed by atoms with Crippen molar-refractivity contribution in [3.05, 3.63) is 53.6 Å². The van der Waals surface area contributed by atoms with Gasteiger partial charge in [0.05, 0.1) is 0 Å². The molecule has 18 heavy (non-hydrogen) atoms. The van der Waals surface area contributed by atoms with Gasteiger partial charge in [0, 0.05) is 17.1 Å². The highest BCUT2D eigenvalue weighted by Crippen LogP contribution is 2.23. The lowest BCUT2D eigenvalue weighted by Crippen LogP contribution is -1.95. The van der Waals surface area contributed by atoms with Gasteiger partial charge in [0.1, 0.15) is 0 Å². The Bertz CT molecular complexity index is 515. The lowest BCUT2D eigenvalue weighted by molar-refractivity contribution is 0.922. The Kier molecular flexibility index (Phi) is 3.88. The van der Waals surface area contributed by atoms with Gasteiger partial charge in [0.25, 0.3) is 0 Å². The van der Waals surface area contributed by atoms with Crippen LogP contribution < -0.4 is 11.1 Å². The maximum atomic E-state index is 5.80. The van der Waals surface area contributed by atoms with E-state index in [4.69, 9.17) is 5.73 Å². The number of nitrogens with two attached hydrogens (primary N) is 1. The average molecular weight is 240 g/mol. The van der Waals surface area contributed by atoms with Gasteiger partial charge >= 0.3 is 0 Å². The zero-order valence-electron chi connectivity index (χ0n) is 11.0. The first-order chi connectivity index (χ1) is 8.69. The highest BCUT2D eigenvalue weighted by atomic mass is 14.9. The van der Waals surface area contributed by atoms with E-state index in [-0.39, 0.29) is 0 Å². The average Bonchev–Trinajstić information content (AvgIpc) is 2.37. The minimum atomic E-state index is 0.783. The van der Waals surface area contributed by atoms with E-state index in [1.807, 2.05) is 18.2 Å². The van der Waals surface area contributed by atoms with Crippen molar-refractivity contribution in [2.45, 2.75) is 26.7 Å². The van der Waals surface area contributed by atoms with E-state index in [1.165, 1.54) is 17.5 Å². The molecule has 0 aromatic heterocycles. The molecule has 2 nitrogen and oxygen atoms in total. The Labute approximate surface area is 109 Å². The molecule has 0 amide bonds. The second-order valence-corrected chi connectivity index (χ2v) is 4.65. The van der Waals surface area contributed by atoms with Gasteiger partial charge in [-0.2, -0.15) is 0 Å². The molecule has 2 rings (SSSR count).